The van der Waals surface area contributed by atoms with E-state index < -0.39 is 48.6 Å². The monoisotopic (exact) mass is 589 g/mol. The van der Waals surface area contributed by atoms with Crippen molar-refractivity contribution in [2.24, 2.45) is 0 Å². The predicted octanol–water partition coefficient (Wildman–Crippen LogP) is -1.13. The second-order valence-electron chi connectivity index (χ2n) is 10.5. The zero-order valence-electron chi connectivity index (χ0n) is 24.6. The Labute approximate surface area is 242 Å². The minimum atomic E-state index is -1.40. The Hall–Kier alpha value is -1.91. The summed E-state index contributed by atoms with van der Waals surface area (Å²) in [5.74, 6) is -1.87. The Bertz CT molecular complexity index is 785. The molecule has 0 amide bonds. The minimum absolute atomic E-state index is 0.261. The molecule has 0 saturated carbocycles. The van der Waals surface area contributed by atoms with Gasteiger partial charge in [-0.3, -0.25) is 24.2 Å². The molecule has 3 heterocycles. The fraction of sp³-hybridized carbons (Fsp3) is 0.889. The smallest absolute Gasteiger partial charge is 0.303 e. The van der Waals surface area contributed by atoms with Crippen molar-refractivity contribution in [3.05, 3.63) is 0 Å². The van der Waals surface area contributed by atoms with Crippen LogP contribution in [0.3, 0.4) is 0 Å². The lowest BCUT2D eigenvalue weighted by molar-refractivity contribution is -0.306. The summed E-state index contributed by atoms with van der Waals surface area (Å²) < 4.78 is 38.5. The molecule has 14 nitrogen and oxygen atoms in total. The van der Waals surface area contributed by atoms with Crippen LogP contribution in [0.5, 0.6) is 0 Å². The third-order valence-corrected chi connectivity index (χ3v) is 7.25. The minimum Gasteiger partial charge on any atom is -0.463 e. The first-order valence-corrected chi connectivity index (χ1v) is 14.5. The van der Waals surface area contributed by atoms with E-state index in [0.717, 1.165) is 85.3 Å². The molecule has 3 aliphatic rings. The van der Waals surface area contributed by atoms with Gasteiger partial charge in [-0.25, -0.2) is 0 Å². The molecule has 3 unspecified atom stereocenters. The third-order valence-electron chi connectivity index (χ3n) is 7.25. The summed E-state index contributed by atoms with van der Waals surface area (Å²) in [6, 6.07) is 0. The van der Waals surface area contributed by atoms with Crippen LogP contribution < -0.4 is 0 Å². The van der Waals surface area contributed by atoms with Crippen LogP contribution in [-0.4, -0.2) is 167 Å². The number of morpholine rings is 2. The van der Waals surface area contributed by atoms with Crippen LogP contribution in [0.15, 0.2) is 0 Å². The van der Waals surface area contributed by atoms with Gasteiger partial charge in [0.25, 0.3) is 0 Å². The van der Waals surface area contributed by atoms with Gasteiger partial charge < -0.3 is 43.2 Å². The summed E-state index contributed by atoms with van der Waals surface area (Å²) in [5, 5.41) is 10.8. The van der Waals surface area contributed by atoms with Gasteiger partial charge in [0.1, 0.15) is 18.8 Å². The van der Waals surface area contributed by atoms with Crippen molar-refractivity contribution in [1.82, 2.24) is 14.7 Å². The van der Waals surface area contributed by atoms with Crippen LogP contribution in [0.25, 0.3) is 0 Å². The maximum atomic E-state index is 11.9. The van der Waals surface area contributed by atoms with Gasteiger partial charge in [0.2, 0.25) is 0 Å². The van der Waals surface area contributed by atoms with Crippen molar-refractivity contribution >= 4 is 17.9 Å². The molecule has 0 aliphatic carbocycles. The number of hydrogen-bond acceptors (Lipinski definition) is 14. The quantitative estimate of drug-likeness (QED) is 0.140. The lowest BCUT2D eigenvalue weighted by Gasteiger charge is -2.42. The molecular weight excluding hydrogens is 542 g/mol. The van der Waals surface area contributed by atoms with E-state index in [1.54, 1.807) is 0 Å². The highest BCUT2D eigenvalue weighted by Gasteiger charge is 2.50. The molecule has 0 aromatic heterocycles. The topological polar surface area (TPSA) is 146 Å². The first-order valence-electron chi connectivity index (χ1n) is 14.5. The number of carbonyl (C=O) groups is 3. The zero-order chi connectivity index (χ0) is 29.6. The average Bonchev–Trinajstić information content (AvgIpc) is 2.95. The lowest BCUT2D eigenvalue weighted by Crippen LogP contribution is -2.61. The van der Waals surface area contributed by atoms with Crippen molar-refractivity contribution in [3.63, 3.8) is 0 Å². The van der Waals surface area contributed by atoms with E-state index >= 15 is 0 Å². The predicted molar refractivity (Wildman–Crippen MR) is 144 cm³/mol. The maximum Gasteiger partial charge on any atom is 0.303 e. The molecule has 0 aromatic carbocycles. The van der Waals surface area contributed by atoms with Gasteiger partial charge in [-0.15, -0.1) is 0 Å². The number of hydrogen-bond donors (Lipinski definition) is 1. The number of nitrogens with zero attached hydrogens (tertiary/aromatic N) is 3. The Balaban J connectivity index is 1.58. The van der Waals surface area contributed by atoms with Gasteiger partial charge in [0.15, 0.2) is 18.5 Å². The van der Waals surface area contributed by atoms with E-state index in [0.29, 0.717) is 6.42 Å². The first kappa shape index (κ1) is 33.6. The van der Waals surface area contributed by atoms with Crippen LogP contribution in [0.4, 0.5) is 0 Å². The number of aliphatic hydroxyl groups excluding tert-OH is 1. The van der Waals surface area contributed by atoms with Gasteiger partial charge in [0, 0.05) is 79.7 Å². The number of aliphatic hydroxyl groups is 1. The summed E-state index contributed by atoms with van der Waals surface area (Å²) in [6.45, 7) is 14.9. The summed E-state index contributed by atoms with van der Waals surface area (Å²) in [6.07, 6.45) is -5.37. The van der Waals surface area contributed by atoms with Crippen LogP contribution in [0, 0.1) is 0 Å². The molecule has 1 N–H and O–H groups in total. The Morgan fingerprint density at radius 2 is 1.34 bits per heavy atom. The summed E-state index contributed by atoms with van der Waals surface area (Å²) in [5.41, 5.74) is 0. The fourth-order valence-corrected chi connectivity index (χ4v) is 5.04. The molecule has 3 rings (SSSR count). The van der Waals surface area contributed by atoms with Crippen LogP contribution in [0.2, 0.25) is 0 Å². The highest BCUT2D eigenvalue weighted by atomic mass is 16.7. The largest absolute Gasteiger partial charge is 0.463 e. The number of ether oxygens (including phenoxy) is 7. The highest BCUT2D eigenvalue weighted by Crippen LogP contribution is 2.28. The van der Waals surface area contributed by atoms with E-state index in [4.69, 9.17) is 33.2 Å². The van der Waals surface area contributed by atoms with Crippen molar-refractivity contribution in [1.29, 1.82) is 0 Å². The van der Waals surface area contributed by atoms with Gasteiger partial charge in [-0.1, -0.05) is 0 Å². The van der Waals surface area contributed by atoms with Crippen LogP contribution >= 0.6 is 0 Å². The lowest BCUT2D eigenvalue weighted by atomic mass is 9.98. The molecule has 3 aliphatic heterocycles. The average molecular weight is 590 g/mol. The molecule has 0 spiro atoms. The summed E-state index contributed by atoms with van der Waals surface area (Å²) in [4.78, 5) is 42.2. The van der Waals surface area contributed by atoms with E-state index in [1.807, 2.05) is 0 Å². The van der Waals surface area contributed by atoms with Crippen molar-refractivity contribution in [3.8, 4) is 0 Å². The molecule has 0 radical (unpaired) electrons. The van der Waals surface area contributed by atoms with E-state index in [2.05, 4.69) is 14.7 Å². The number of esters is 3. The molecule has 0 aromatic rings. The van der Waals surface area contributed by atoms with Crippen molar-refractivity contribution in [2.75, 3.05) is 98.5 Å². The molecule has 236 valence electrons. The highest BCUT2D eigenvalue weighted by molar-refractivity contribution is 5.67. The van der Waals surface area contributed by atoms with Crippen LogP contribution in [0.1, 0.15) is 27.2 Å². The summed E-state index contributed by atoms with van der Waals surface area (Å²) in [7, 11) is 0. The van der Waals surface area contributed by atoms with E-state index in [9.17, 15) is 19.5 Å². The molecule has 14 heteroatoms. The van der Waals surface area contributed by atoms with Gasteiger partial charge in [-0.05, 0) is 6.42 Å². The summed E-state index contributed by atoms with van der Waals surface area (Å²) >= 11 is 0. The Kier molecular flexibility index (Phi) is 14.7. The number of rotatable bonds is 15. The molecular formula is C27H47N3O11. The normalized spacial score (nSPS) is 27.9. The Morgan fingerprint density at radius 3 is 1.85 bits per heavy atom. The van der Waals surface area contributed by atoms with Gasteiger partial charge >= 0.3 is 17.9 Å². The number of carbonyl (C=O) groups excluding carboxylic acids is 3. The second-order valence-corrected chi connectivity index (χ2v) is 10.5. The zero-order valence-corrected chi connectivity index (χ0v) is 24.6. The standard InChI is InChI=1S/C27H47N3O11/c1-20(31)38-19-23-24(34)25(39-21(2)32)26(40-22(3)33)27(41-23)37-14-4-5-28(6-8-29-10-15-35-16-11-29)7-9-30-12-17-36-18-13-30/h23-27,34H,4-19H2,1-3H3/t23?,24-,25?,26?,27-/m1/s1. The molecule has 0 bridgehead atoms. The fourth-order valence-electron chi connectivity index (χ4n) is 5.04. The van der Waals surface area contributed by atoms with E-state index in [1.165, 1.54) is 20.8 Å². The third kappa shape index (κ3) is 12.1. The van der Waals surface area contributed by atoms with Crippen LogP contribution in [-0.2, 0) is 47.5 Å². The molecule has 5 atom stereocenters. The molecule has 3 fully saturated rings. The van der Waals surface area contributed by atoms with Crippen molar-refractivity contribution < 1.29 is 52.6 Å². The maximum absolute atomic E-state index is 11.9. The molecule has 41 heavy (non-hydrogen) atoms. The van der Waals surface area contributed by atoms with E-state index in [-0.39, 0.29) is 13.2 Å². The molecule has 3 saturated heterocycles. The SMILES string of the molecule is CC(=O)OCC1O[C@@H](OCCCN(CCN2CCOCC2)CCN2CCOCC2)C(OC(C)=O)C(OC(C)=O)[C@@H]1O. The first-order chi connectivity index (χ1) is 19.7. The van der Waals surface area contributed by atoms with Gasteiger partial charge in [0.05, 0.1) is 33.0 Å². The Morgan fingerprint density at radius 1 is 0.805 bits per heavy atom. The van der Waals surface area contributed by atoms with Crippen molar-refractivity contribution in [2.45, 2.75) is 57.9 Å². The van der Waals surface area contributed by atoms with Gasteiger partial charge in [-0.2, -0.15) is 0 Å². The second kappa shape index (κ2) is 17.9.